The van der Waals surface area contributed by atoms with Gasteiger partial charge in [-0.2, -0.15) is 0 Å². The first-order valence-electron chi connectivity index (χ1n) is 7.44. The highest BCUT2D eigenvalue weighted by molar-refractivity contribution is 4.83. The highest BCUT2D eigenvalue weighted by atomic mass is 16.5. The fraction of sp³-hybridized carbons (Fsp3) is 1.00. The molecule has 1 heterocycles. The number of nitrogens with two attached hydrogens (primary N) is 1. The Hall–Kier alpha value is -0.120. The van der Waals surface area contributed by atoms with Gasteiger partial charge in [0, 0.05) is 31.8 Å². The van der Waals surface area contributed by atoms with Crippen LogP contribution in [0.25, 0.3) is 0 Å². The van der Waals surface area contributed by atoms with Crippen LogP contribution in [0.1, 0.15) is 51.4 Å². The number of hydrogen-bond donors (Lipinski definition) is 2. The fourth-order valence-corrected chi connectivity index (χ4v) is 3.26. The Kier molecular flexibility index (Phi) is 5.75. The number of hydrogen-bond acceptors (Lipinski definition) is 3. The minimum atomic E-state index is 0.516. The lowest BCUT2D eigenvalue weighted by molar-refractivity contribution is 0.0528. The van der Waals surface area contributed by atoms with Gasteiger partial charge < -0.3 is 15.8 Å². The zero-order valence-corrected chi connectivity index (χ0v) is 11.0. The lowest BCUT2D eigenvalue weighted by Gasteiger charge is -2.33. The molecule has 100 valence electrons. The fourth-order valence-electron chi connectivity index (χ4n) is 3.26. The van der Waals surface area contributed by atoms with Crippen LogP contribution in [0.3, 0.4) is 0 Å². The molecule has 0 aromatic carbocycles. The van der Waals surface area contributed by atoms with E-state index >= 15 is 0 Å². The summed E-state index contributed by atoms with van der Waals surface area (Å²) in [5.74, 6) is 0.733. The lowest BCUT2D eigenvalue weighted by atomic mass is 9.90. The van der Waals surface area contributed by atoms with E-state index < -0.39 is 0 Å². The van der Waals surface area contributed by atoms with Crippen LogP contribution in [-0.4, -0.2) is 31.8 Å². The highest BCUT2D eigenvalue weighted by Gasteiger charge is 2.25. The van der Waals surface area contributed by atoms with Gasteiger partial charge in [-0.3, -0.25) is 0 Å². The summed E-state index contributed by atoms with van der Waals surface area (Å²) in [6.07, 6.45) is 10.7. The monoisotopic (exact) mass is 240 g/mol. The highest BCUT2D eigenvalue weighted by Crippen LogP contribution is 2.22. The molecule has 1 aliphatic heterocycles. The SMILES string of the molecule is NCC(NC1CCCCCC1)C1CCOCC1. The average Bonchev–Trinajstić information content (AvgIpc) is 2.65. The Labute approximate surface area is 105 Å². The van der Waals surface area contributed by atoms with Gasteiger partial charge in [0.1, 0.15) is 0 Å². The number of ether oxygens (including phenoxy) is 1. The van der Waals surface area contributed by atoms with Crippen LogP contribution < -0.4 is 11.1 Å². The minimum Gasteiger partial charge on any atom is -0.381 e. The van der Waals surface area contributed by atoms with Gasteiger partial charge >= 0.3 is 0 Å². The lowest BCUT2D eigenvalue weighted by Crippen LogP contribution is -2.48. The summed E-state index contributed by atoms with van der Waals surface area (Å²) in [5.41, 5.74) is 5.96. The maximum atomic E-state index is 5.96. The van der Waals surface area contributed by atoms with E-state index in [1.54, 1.807) is 0 Å². The predicted molar refractivity (Wildman–Crippen MR) is 71.0 cm³/mol. The molecule has 1 atom stereocenters. The molecule has 2 fully saturated rings. The minimum absolute atomic E-state index is 0.516. The smallest absolute Gasteiger partial charge is 0.0469 e. The Morgan fingerprint density at radius 2 is 1.65 bits per heavy atom. The van der Waals surface area contributed by atoms with Crippen molar-refractivity contribution in [2.75, 3.05) is 19.8 Å². The van der Waals surface area contributed by atoms with Crippen LogP contribution in [0.2, 0.25) is 0 Å². The van der Waals surface area contributed by atoms with Crippen LogP contribution in [0.15, 0.2) is 0 Å². The molecule has 0 bridgehead atoms. The van der Waals surface area contributed by atoms with E-state index in [1.807, 2.05) is 0 Å². The van der Waals surface area contributed by atoms with Crippen molar-refractivity contribution in [3.8, 4) is 0 Å². The van der Waals surface area contributed by atoms with Crippen molar-refractivity contribution in [2.24, 2.45) is 11.7 Å². The third kappa shape index (κ3) is 4.23. The Morgan fingerprint density at radius 1 is 1.00 bits per heavy atom. The second-order valence-corrected chi connectivity index (χ2v) is 5.65. The first kappa shape index (κ1) is 13.3. The Bertz CT molecular complexity index is 196. The largest absolute Gasteiger partial charge is 0.381 e. The summed E-state index contributed by atoms with van der Waals surface area (Å²) in [6, 6.07) is 1.23. The van der Waals surface area contributed by atoms with Crippen LogP contribution in [0.4, 0.5) is 0 Å². The average molecular weight is 240 g/mol. The maximum Gasteiger partial charge on any atom is 0.0469 e. The maximum absolute atomic E-state index is 5.96. The Balaban J connectivity index is 1.80. The van der Waals surface area contributed by atoms with Crippen molar-refractivity contribution in [2.45, 2.75) is 63.5 Å². The van der Waals surface area contributed by atoms with Crippen molar-refractivity contribution < 1.29 is 4.74 Å². The second kappa shape index (κ2) is 7.34. The molecule has 17 heavy (non-hydrogen) atoms. The normalized spacial score (nSPS) is 26.6. The van der Waals surface area contributed by atoms with E-state index in [4.69, 9.17) is 10.5 Å². The molecule has 1 unspecified atom stereocenters. The Morgan fingerprint density at radius 3 is 2.24 bits per heavy atom. The van der Waals surface area contributed by atoms with E-state index in [9.17, 15) is 0 Å². The van der Waals surface area contributed by atoms with Gasteiger partial charge in [0.15, 0.2) is 0 Å². The van der Waals surface area contributed by atoms with Gasteiger partial charge in [-0.05, 0) is 31.6 Å². The summed E-state index contributed by atoms with van der Waals surface area (Å²) < 4.78 is 5.44. The van der Waals surface area contributed by atoms with E-state index in [2.05, 4.69) is 5.32 Å². The van der Waals surface area contributed by atoms with Crippen molar-refractivity contribution >= 4 is 0 Å². The molecule has 2 aliphatic rings. The van der Waals surface area contributed by atoms with Crippen molar-refractivity contribution in [3.05, 3.63) is 0 Å². The molecule has 0 spiro atoms. The molecule has 2 rings (SSSR count). The molecule has 1 aliphatic carbocycles. The van der Waals surface area contributed by atoms with Gasteiger partial charge in [-0.25, -0.2) is 0 Å². The van der Waals surface area contributed by atoms with E-state index in [0.717, 1.165) is 25.7 Å². The first-order chi connectivity index (χ1) is 8.40. The molecule has 0 radical (unpaired) electrons. The summed E-state index contributed by atoms with van der Waals surface area (Å²) in [5, 5.41) is 3.83. The summed E-state index contributed by atoms with van der Waals surface area (Å²) in [4.78, 5) is 0. The van der Waals surface area contributed by atoms with Gasteiger partial charge in [-0.1, -0.05) is 25.7 Å². The zero-order valence-electron chi connectivity index (χ0n) is 11.0. The van der Waals surface area contributed by atoms with Gasteiger partial charge in [0.2, 0.25) is 0 Å². The molecule has 3 N–H and O–H groups in total. The van der Waals surface area contributed by atoms with E-state index in [1.165, 1.54) is 51.4 Å². The molecular formula is C14H28N2O. The quantitative estimate of drug-likeness (QED) is 0.739. The number of rotatable bonds is 4. The summed E-state index contributed by atoms with van der Waals surface area (Å²) in [7, 11) is 0. The van der Waals surface area contributed by atoms with Crippen LogP contribution in [0.5, 0.6) is 0 Å². The molecular weight excluding hydrogens is 212 g/mol. The molecule has 1 saturated carbocycles. The van der Waals surface area contributed by atoms with Crippen molar-refractivity contribution in [3.63, 3.8) is 0 Å². The third-order valence-electron chi connectivity index (χ3n) is 4.39. The summed E-state index contributed by atoms with van der Waals surface area (Å²) >= 11 is 0. The zero-order chi connectivity index (χ0) is 11.9. The number of nitrogens with one attached hydrogen (secondary N) is 1. The van der Waals surface area contributed by atoms with Gasteiger partial charge in [0.05, 0.1) is 0 Å². The second-order valence-electron chi connectivity index (χ2n) is 5.65. The molecule has 3 nitrogen and oxygen atoms in total. The first-order valence-corrected chi connectivity index (χ1v) is 7.44. The molecule has 1 saturated heterocycles. The standard InChI is InChI=1S/C14H28N2O/c15-11-14(12-7-9-17-10-8-12)16-13-5-3-1-2-4-6-13/h12-14,16H,1-11,15H2. The van der Waals surface area contributed by atoms with Crippen molar-refractivity contribution in [1.82, 2.24) is 5.32 Å². The molecule has 0 aromatic rings. The summed E-state index contributed by atoms with van der Waals surface area (Å²) in [6.45, 7) is 2.63. The molecule has 0 amide bonds. The predicted octanol–water partition coefficient (Wildman–Crippen LogP) is 2.05. The molecule has 3 heteroatoms. The third-order valence-corrected chi connectivity index (χ3v) is 4.39. The van der Waals surface area contributed by atoms with E-state index in [0.29, 0.717) is 12.1 Å². The van der Waals surface area contributed by atoms with Crippen LogP contribution in [0, 0.1) is 5.92 Å². The molecule has 0 aromatic heterocycles. The van der Waals surface area contributed by atoms with E-state index in [-0.39, 0.29) is 0 Å². The van der Waals surface area contributed by atoms with Crippen LogP contribution in [-0.2, 0) is 4.74 Å². The van der Waals surface area contributed by atoms with Gasteiger partial charge in [-0.15, -0.1) is 0 Å². The van der Waals surface area contributed by atoms with Gasteiger partial charge in [0.25, 0.3) is 0 Å². The van der Waals surface area contributed by atoms with Crippen molar-refractivity contribution in [1.29, 1.82) is 0 Å². The van der Waals surface area contributed by atoms with Crippen LogP contribution >= 0.6 is 0 Å². The topological polar surface area (TPSA) is 47.3 Å².